The Morgan fingerprint density at radius 2 is 2.15 bits per heavy atom. The number of methoxy groups -OCH3 is 1. The van der Waals surface area contributed by atoms with E-state index in [1.807, 2.05) is 12.1 Å². The summed E-state index contributed by atoms with van der Waals surface area (Å²) >= 11 is 0. The maximum absolute atomic E-state index is 9.15. The molecule has 0 aliphatic heterocycles. The lowest BCUT2D eigenvalue weighted by Crippen LogP contribution is -1.98. The molecule has 0 saturated heterocycles. The third kappa shape index (κ3) is 1.82. The van der Waals surface area contributed by atoms with E-state index < -0.39 is 0 Å². The molecule has 3 aromatic rings. The zero-order chi connectivity index (χ0) is 14.1. The molecule has 2 heterocycles. The van der Waals surface area contributed by atoms with Gasteiger partial charge in [0.2, 0.25) is 0 Å². The Morgan fingerprint density at radius 3 is 2.90 bits per heavy atom. The first-order valence-electron chi connectivity index (χ1n) is 5.81. The van der Waals surface area contributed by atoms with E-state index >= 15 is 0 Å². The monoisotopic (exact) mass is 266 g/mol. The fourth-order valence-corrected chi connectivity index (χ4v) is 1.96. The van der Waals surface area contributed by atoms with Crippen LogP contribution >= 0.6 is 0 Å². The van der Waals surface area contributed by atoms with E-state index in [1.165, 1.54) is 6.33 Å². The maximum Gasteiger partial charge on any atom is 0.155 e. The van der Waals surface area contributed by atoms with Crippen LogP contribution in [-0.4, -0.2) is 17.1 Å². The number of furan rings is 1. The van der Waals surface area contributed by atoms with Gasteiger partial charge >= 0.3 is 0 Å². The first kappa shape index (κ1) is 12.0. The molecular weight excluding hydrogens is 256 g/mol. The molecule has 1 aromatic carbocycles. The fraction of sp³-hybridized carbons (Fsp3) is 0.0714. The molecule has 98 valence electrons. The lowest BCUT2D eigenvalue weighted by molar-refractivity contribution is 0.415. The molecule has 2 aromatic heterocycles. The first-order chi connectivity index (χ1) is 9.72. The van der Waals surface area contributed by atoms with Gasteiger partial charge in [-0.25, -0.2) is 9.97 Å². The Labute approximate surface area is 114 Å². The van der Waals surface area contributed by atoms with Crippen LogP contribution in [0.1, 0.15) is 5.56 Å². The Morgan fingerprint density at radius 1 is 1.30 bits per heavy atom. The molecule has 0 fully saturated rings. The predicted molar refractivity (Wildman–Crippen MR) is 72.9 cm³/mol. The zero-order valence-electron chi connectivity index (χ0n) is 10.6. The van der Waals surface area contributed by atoms with E-state index in [2.05, 4.69) is 9.97 Å². The number of rotatable bonds is 2. The summed E-state index contributed by atoms with van der Waals surface area (Å²) in [6.45, 7) is 0. The zero-order valence-corrected chi connectivity index (χ0v) is 10.6. The highest BCUT2D eigenvalue weighted by atomic mass is 16.5. The summed E-state index contributed by atoms with van der Waals surface area (Å²) in [5.74, 6) is 1.34. The van der Waals surface area contributed by atoms with Gasteiger partial charge in [-0.3, -0.25) is 0 Å². The minimum atomic E-state index is 0.135. The topological polar surface area (TPSA) is 98.0 Å². The predicted octanol–water partition coefficient (Wildman–Crippen LogP) is 2.35. The third-order valence-electron chi connectivity index (χ3n) is 2.95. The second-order valence-corrected chi connectivity index (χ2v) is 4.11. The molecule has 0 unspecified atom stereocenters. The van der Waals surface area contributed by atoms with Crippen molar-refractivity contribution in [1.82, 2.24) is 9.97 Å². The van der Waals surface area contributed by atoms with Crippen molar-refractivity contribution >= 4 is 16.8 Å². The third-order valence-corrected chi connectivity index (χ3v) is 2.95. The summed E-state index contributed by atoms with van der Waals surface area (Å²) < 4.78 is 10.9. The van der Waals surface area contributed by atoms with Gasteiger partial charge in [-0.05, 0) is 24.3 Å². The molecule has 0 saturated carbocycles. The second kappa shape index (κ2) is 4.55. The summed E-state index contributed by atoms with van der Waals surface area (Å²) in [6.07, 6.45) is 1.30. The number of nitrogens with zero attached hydrogens (tertiary/aromatic N) is 3. The first-order valence-corrected chi connectivity index (χ1v) is 5.81. The number of nitrogens with two attached hydrogens (primary N) is 1. The molecule has 0 aliphatic carbocycles. The molecule has 0 aliphatic rings. The van der Waals surface area contributed by atoms with Gasteiger partial charge < -0.3 is 14.9 Å². The molecule has 6 heteroatoms. The lowest BCUT2D eigenvalue weighted by atomic mass is 10.1. The number of hydrogen-bond donors (Lipinski definition) is 1. The van der Waals surface area contributed by atoms with Crippen molar-refractivity contribution in [3.8, 4) is 23.3 Å². The van der Waals surface area contributed by atoms with Gasteiger partial charge in [-0.1, -0.05) is 0 Å². The molecule has 0 amide bonds. The smallest absolute Gasteiger partial charge is 0.155 e. The Kier molecular flexibility index (Phi) is 2.73. The van der Waals surface area contributed by atoms with Crippen molar-refractivity contribution in [2.24, 2.45) is 0 Å². The number of anilines is 1. The van der Waals surface area contributed by atoms with Gasteiger partial charge in [0, 0.05) is 5.39 Å². The highest BCUT2D eigenvalue weighted by Gasteiger charge is 2.15. The molecule has 2 N–H and O–H groups in total. The van der Waals surface area contributed by atoms with E-state index in [4.69, 9.17) is 20.1 Å². The van der Waals surface area contributed by atoms with Gasteiger partial charge in [0.25, 0.3) is 0 Å². The number of hydrogen-bond acceptors (Lipinski definition) is 6. The van der Waals surface area contributed by atoms with Crippen LogP contribution < -0.4 is 10.5 Å². The van der Waals surface area contributed by atoms with Crippen LogP contribution in [0.4, 0.5) is 5.82 Å². The average molecular weight is 266 g/mol. The lowest BCUT2D eigenvalue weighted by Gasteiger charge is -2.00. The van der Waals surface area contributed by atoms with Gasteiger partial charge in [0.1, 0.15) is 40.8 Å². The van der Waals surface area contributed by atoms with E-state index in [0.29, 0.717) is 17.0 Å². The van der Waals surface area contributed by atoms with Crippen LogP contribution in [0.2, 0.25) is 0 Å². The van der Waals surface area contributed by atoms with Crippen LogP contribution in [0.5, 0.6) is 5.75 Å². The molecule has 0 atom stereocenters. The normalized spacial score (nSPS) is 10.4. The van der Waals surface area contributed by atoms with Crippen molar-refractivity contribution in [2.75, 3.05) is 12.8 Å². The molecular formula is C14H10N4O2. The van der Waals surface area contributed by atoms with Gasteiger partial charge in [0.15, 0.2) is 5.76 Å². The summed E-state index contributed by atoms with van der Waals surface area (Å²) in [5.41, 5.74) is 6.95. The number of benzene rings is 1. The molecule has 0 spiro atoms. The fourth-order valence-electron chi connectivity index (χ4n) is 1.96. The van der Waals surface area contributed by atoms with Crippen molar-refractivity contribution in [3.05, 3.63) is 36.2 Å². The summed E-state index contributed by atoms with van der Waals surface area (Å²) in [5, 5.41) is 10.0. The standard InChI is InChI=1S/C14H10N4O2/c1-19-9-2-3-11-8(4-9)5-12(20-11)13-10(6-15)14(16)18-7-17-13/h2-5,7H,1H3,(H2,16,17,18). The maximum atomic E-state index is 9.15. The highest BCUT2D eigenvalue weighted by Crippen LogP contribution is 2.31. The highest BCUT2D eigenvalue weighted by molar-refractivity contribution is 5.84. The van der Waals surface area contributed by atoms with Gasteiger partial charge in [-0.15, -0.1) is 0 Å². The van der Waals surface area contributed by atoms with Crippen LogP contribution in [0, 0.1) is 11.3 Å². The number of nitriles is 1. The summed E-state index contributed by atoms with van der Waals surface area (Å²) in [6, 6.07) is 9.23. The van der Waals surface area contributed by atoms with Gasteiger partial charge in [-0.2, -0.15) is 5.26 Å². The number of fused-ring (bicyclic) bond motifs is 1. The van der Waals surface area contributed by atoms with Crippen LogP contribution in [0.3, 0.4) is 0 Å². The summed E-state index contributed by atoms with van der Waals surface area (Å²) in [4.78, 5) is 7.88. The Hall–Kier alpha value is -3.07. The van der Waals surface area contributed by atoms with Crippen LogP contribution in [0.15, 0.2) is 35.0 Å². The second-order valence-electron chi connectivity index (χ2n) is 4.11. The minimum Gasteiger partial charge on any atom is -0.497 e. The quantitative estimate of drug-likeness (QED) is 0.764. The van der Waals surface area contributed by atoms with Crippen molar-refractivity contribution in [3.63, 3.8) is 0 Å². The van der Waals surface area contributed by atoms with Crippen molar-refractivity contribution in [2.45, 2.75) is 0 Å². The molecule has 0 bridgehead atoms. The SMILES string of the molecule is COc1ccc2oc(-c3ncnc(N)c3C#N)cc2c1. The van der Waals surface area contributed by atoms with Crippen LogP contribution in [-0.2, 0) is 0 Å². The van der Waals surface area contributed by atoms with Crippen LogP contribution in [0.25, 0.3) is 22.4 Å². The minimum absolute atomic E-state index is 0.135. The Bertz CT molecular complexity index is 833. The van der Waals surface area contributed by atoms with E-state index in [1.54, 1.807) is 25.3 Å². The molecule has 20 heavy (non-hydrogen) atoms. The molecule has 0 radical (unpaired) electrons. The van der Waals surface area contributed by atoms with E-state index in [0.717, 1.165) is 11.1 Å². The number of nitrogen functional groups attached to an aromatic ring is 1. The Balaban J connectivity index is 2.21. The number of aromatic nitrogens is 2. The molecule has 3 rings (SSSR count). The summed E-state index contributed by atoms with van der Waals surface area (Å²) in [7, 11) is 1.60. The van der Waals surface area contributed by atoms with Gasteiger partial charge in [0.05, 0.1) is 7.11 Å². The number of ether oxygens (including phenoxy) is 1. The molecule has 6 nitrogen and oxygen atoms in total. The van der Waals surface area contributed by atoms with E-state index in [9.17, 15) is 0 Å². The van der Waals surface area contributed by atoms with Crippen molar-refractivity contribution in [1.29, 1.82) is 5.26 Å². The largest absolute Gasteiger partial charge is 0.497 e. The average Bonchev–Trinajstić information content (AvgIpc) is 2.89. The van der Waals surface area contributed by atoms with E-state index in [-0.39, 0.29) is 11.4 Å². The van der Waals surface area contributed by atoms with Crippen molar-refractivity contribution < 1.29 is 9.15 Å².